The molecule has 180 valence electrons. The fourth-order valence-electron chi connectivity index (χ4n) is 3.45. The van der Waals surface area contributed by atoms with Crippen LogP contribution in [0.5, 0.6) is 0 Å². The number of benzene rings is 2. The minimum Gasteiger partial charge on any atom is -0.451 e. The van der Waals surface area contributed by atoms with E-state index in [0.29, 0.717) is 47.1 Å². The predicted octanol–water partition coefficient (Wildman–Crippen LogP) is 5.86. The molecule has 4 rings (SSSR count). The lowest BCUT2D eigenvalue weighted by molar-refractivity contribution is -0.137. The fourth-order valence-corrected chi connectivity index (χ4v) is 5.12. The van der Waals surface area contributed by atoms with Gasteiger partial charge in [-0.05, 0) is 30.3 Å². The second kappa shape index (κ2) is 9.99. The summed E-state index contributed by atoms with van der Waals surface area (Å²) < 4.78 is 50.7. The number of ether oxygens (including phenoxy) is 2. The van der Waals surface area contributed by atoms with Crippen LogP contribution in [0.4, 0.5) is 24.5 Å². The first-order valence-corrected chi connectivity index (χ1v) is 11.6. The highest BCUT2D eigenvalue weighted by molar-refractivity contribution is 7.21. The van der Waals surface area contributed by atoms with Crippen molar-refractivity contribution in [2.24, 2.45) is 0 Å². The molecule has 34 heavy (non-hydrogen) atoms. The summed E-state index contributed by atoms with van der Waals surface area (Å²) in [7, 11) is 0. The monoisotopic (exact) mass is 532 g/mol. The molecule has 1 N–H and O–H groups in total. The quantitative estimate of drug-likeness (QED) is 0.417. The number of esters is 1. The summed E-state index contributed by atoms with van der Waals surface area (Å²) in [6.45, 7) is 1.03. The van der Waals surface area contributed by atoms with Crippen molar-refractivity contribution in [3.63, 3.8) is 0 Å². The molecule has 1 saturated heterocycles. The zero-order valence-corrected chi connectivity index (χ0v) is 19.7. The Balaban J connectivity index is 1.49. The summed E-state index contributed by atoms with van der Waals surface area (Å²) in [4.78, 5) is 26.9. The van der Waals surface area contributed by atoms with E-state index in [2.05, 4.69) is 5.32 Å². The lowest BCUT2D eigenvalue weighted by atomic mass is 10.1. The number of anilines is 2. The molecule has 0 spiro atoms. The lowest BCUT2D eigenvalue weighted by Gasteiger charge is -2.31. The molecule has 1 aliphatic rings. The zero-order chi connectivity index (χ0) is 24.5. The van der Waals surface area contributed by atoms with E-state index in [9.17, 15) is 22.8 Å². The number of thiophene rings is 1. The first-order chi connectivity index (χ1) is 16.1. The van der Waals surface area contributed by atoms with E-state index in [-0.39, 0.29) is 15.6 Å². The minimum atomic E-state index is -4.59. The number of carbonyl (C=O) groups is 2. The van der Waals surface area contributed by atoms with Crippen LogP contribution in [-0.4, -0.2) is 44.8 Å². The van der Waals surface area contributed by atoms with Gasteiger partial charge in [-0.3, -0.25) is 4.79 Å². The lowest BCUT2D eigenvalue weighted by Crippen LogP contribution is -2.37. The molecule has 0 bridgehead atoms. The molecular formula is C22H17Cl2F3N2O4S. The molecule has 0 aliphatic carbocycles. The molecule has 1 amide bonds. The molecule has 2 aromatic carbocycles. The molecule has 12 heteroatoms. The summed E-state index contributed by atoms with van der Waals surface area (Å²) in [5.41, 5.74) is -0.528. The summed E-state index contributed by atoms with van der Waals surface area (Å²) in [5, 5.41) is 3.70. The van der Waals surface area contributed by atoms with Crippen molar-refractivity contribution in [1.29, 1.82) is 0 Å². The highest BCUT2D eigenvalue weighted by Crippen LogP contribution is 2.38. The molecule has 0 radical (unpaired) electrons. The fraction of sp³-hybridized carbons (Fsp3) is 0.273. The van der Waals surface area contributed by atoms with Crippen LogP contribution >= 0.6 is 34.5 Å². The van der Waals surface area contributed by atoms with Gasteiger partial charge in [0.25, 0.3) is 5.91 Å². The van der Waals surface area contributed by atoms with Gasteiger partial charge in [-0.2, -0.15) is 13.2 Å². The Labute approximate surface area is 206 Å². The Hall–Kier alpha value is -2.53. The van der Waals surface area contributed by atoms with Crippen LogP contribution in [0.25, 0.3) is 10.1 Å². The number of fused-ring (bicyclic) bond motifs is 1. The van der Waals surface area contributed by atoms with Crippen molar-refractivity contribution in [2.75, 3.05) is 43.1 Å². The Bertz CT molecular complexity index is 1240. The van der Waals surface area contributed by atoms with Gasteiger partial charge in [-0.15, -0.1) is 11.3 Å². The van der Waals surface area contributed by atoms with Crippen molar-refractivity contribution in [1.82, 2.24) is 0 Å². The normalized spacial score (nSPS) is 14.3. The van der Waals surface area contributed by atoms with Crippen LogP contribution in [0.3, 0.4) is 0 Å². The molecule has 0 saturated carbocycles. The highest BCUT2D eigenvalue weighted by Gasteiger charge is 2.32. The Morgan fingerprint density at radius 1 is 1.12 bits per heavy atom. The van der Waals surface area contributed by atoms with E-state index in [1.807, 2.05) is 4.90 Å². The van der Waals surface area contributed by atoms with Gasteiger partial charge in [0.2, 0.25) is 0 Å². The van der Waals surface area contributed by atoms with Gasteiger partial charge in [-0.1, -0.05) is 29.3 Å². The number of nitrogens with zero attached hydrogens (tertiary/aromatic N) is 1. The van der Waals surface area contributed by atoms with E-state index in [1.165, 1.54) is 6.07 Å². The molecule has 0 atom stereocenters. The van der Waals surface area contributed by atoms with Gasteiger partial charge in [-0.25, -0.2) is 4.79 Å². The standard InChI is InChI=1S/C22H17Cl2F3N2O4S/c23-13-2-3-14-17(10-13)34-20(19(14)24)21(31)33-11-18(30)28-15-9-12(22(25,26)27)1-4-16(15)29-5-7-32-8-6-29/h1-4,9-10H,5-8,11H2,(H,28,30). The van der Waals surface area contributed by atoms with Crippen molar-refractivity contribution in [3.8, 4) is 0 Å². The smallest absolute Gasteiger partial charge is 0.416 e. The molecule has 1 aromatic heterocycles. The van der Waals surface area contributed by atoms with Gasteiger partial charge < -0.3 is 19.7 Å². The largest absolute Gasteiger partial charge is 0.451 e. The number of morpholine rings is 1. The van der Waals surface area contributed by atoms with E-state index in [0.717, 1.165) is 23.5 Å². The third kappa shape index (κ3) is 5.41. The van der Waals surface area contributed by atoms with Gasteiger partial charge in [0.05, 0.1) is 35.2 Å². The Morgan fingerprint density at radius 2 is 1.85 bits per heavy atom. The Kier molecular flexibility index (Phi) is 7.22. The topological polar surface area (TPSA) is 67.9 Å². The number of rotatable bonds is 5. The minimum absolute atomic E-state index is 0.0349. The molecule has 1 aliphatic heterocycles. The average molecular weight is 533 g/mol. The maximum absolute atomic E-state index is 13.2. The van der Waals surface area contributed by atoms with Gasteiger partial charge in [0, 0.05) is 28.2 Å². The van der Waals surface area contributed by atoms with Crippen molar-refractivity contribution in [3.05, 3.63) is 56.9 Å². The molecule has 6 nitrogen and oxygen atoms in total. The first-order valence-electron chi connectivity index (χ1n) is 10.0. The van der Waals surface area contributed by atoms with Crippen LogP contribution < -0.4 is 10.2 Å². The van der Waals surface area contributed by atoms with E-state index in [1.54, 1.807) is 18.2 Å². The number of alkyl halides is 3. The summed E-state index contributed by atoms with van der Waals surface area (Å²) in [5.74, 6) is -1.61. The Morgan fingerprint density at radius 3 is 2.56 bits per heavy atom. The maximum atomic E-state index is 13.2. The van der Waals surface area contributed by atoms with Gasteiger partial charge >= 0.3 is 12.1 Å². The van der Waals surface area contributed by atoms with Gasteiger partial charge in [0.15, 0.2) is 6.61 Å². The predicted molar refractivity (Wildman–Crippen MR) is 125 cm³/mol. The SMILES string of the molecule is O=C(COC(=O)c1sc2cc(Cl)ccc2c1Cl)Nc1cc(C(F)(F)F)ccc1N1CCOCC1. The van der Waals surface area contributed by atoms with Crippen LogP contribution in [0.1, 0.15) is 15.2 Å². The second-order valence-electron chi connectivity index (χ2n) is 7.34. The van der Waals surface area contributed by atoms with Crippen LogP contribution in [0.2, 0.25) is 10.0 Å². The molecule has 0 unspecified atom stereocenters. The number of amides is 1. The van der Waals surface area contributed by atoms with E-state index < -0.39 is 30.2 Å². The molecule has 1 fully saturated rings. The number of hydrogen-bond acceptors (Lipinski definition) is 6. The third-order valence-corrected chi connectivity index (χ3v) is 6.93. The molecule has 3 aromatic rings. The number of halogens is 5. The first kappa shape index (κ1) is 24.6. The molecule has 2 heterocycles. The summed E-state index contributed by atoms with van der Waals surface area (Å²) in [6.07, 6.45) is -4.59. The second-order valence-corrected chi connectivity index (χ2v) is 9.21. The van der Waals surface area contributed by atoms with E-state index >= 15 is 0 Å². The summed E-state index contributed by atoms with van der Waals surface area (Å²) in [6, 6.07) is 8.07. The van der Waals surface area contributed by atoms with Crippen LogP contribution in [0.15, 0.2) is 36.4 Å². The maximum Gasteiger partial charge on any atom is 0.416 e. The van der Waals surface area contributed by atoms with E-state index in [4.69, 9.17) is 32.7 Å². The van der Waals surface area contributed by atoms with Crippen molar-refractivity contribution in [2.45, 2.75) is 6.18 Å². The number of carbonyl (C=O) groups excluding carboxylic acids is 2. The van der Waals surface area contributed by atoms with Crippen LogP contribution in [-0.2, 0) is 20.4 Å². The van der Waals surface area contributed by atoms with Crippen molar-refractivity contribution >= 4 is 67.9 Å². The van der Waals surface area contributed by atoms with Crippen molar-refractivity contribution < 1.29 is 32.2 Å². The third-order valence-electron chi connectivity index (χ3n) is 5.06. The number of hydrogen-bond donors (Lipinski definition) is 1. The average Bonchev–Trinajstić information content (AvgIpc) is 3.13. The van der Waals surface area contributed by atoms with Crippen LogP contribution in [0, 0.1) is 0 Å². The highest BCUT2D eigenvalue weighted by atomic mass is 35.5. The number of nitrogens with one attached hydrogen (secondary N) is 1. The summed E-state index contributed by atoms with van der Waals surface area (Å²) >= 11 is 13.3. The molecular weight excluding hydrogens is 516 g/mol. The zero-order valence-electron chi connectivity index (χ0n) is 17.4. The van der Waals surface area contributed by atoms with Gasteiger partial charge in [0.1, 0.15) is 4.88 Å².